The van der Waals surface area contributed by atoms with E-state index in [2.05, 4.69) is 27.3 Å². The fraction of sp³-hybridized carbons (Fsp3) is 0.643. The molecule has 21 heavy (non-hydrogen) atoms. The van der Waals surface area contributed by atoms with Gasteiger partial charge in [0.2, 0.25) is 0 Å². The second kappa shape index (κ2) is 7.90. The van der Waals surface area contributed by atoms with Crippen molar-refractivity contribution in [3.8, 4) is 0 Å². The SMILES string of the molecule is CCN1CCN(C(=O)c2ccc(NCCOC)nn2)CC1. The molecule has 1 aromatic rings. The minimum absolute atomic E-state index is 0.0401. The number of methoxy groups -OCH3 is 1. The average Bonchev–Trinajstić information content (AvgIpc) is 2.55. The van der Waals surface area contributed by atoms with E-state index >= 15 is 0 Å². The van der Waals surface area contributed by atoms with Crippen LogP contribution in [0.4, 0.5) is 5.82 Å². The molecule has 116 valence electrons. The van der Waals surface area contributed by atoms with Crippen LogP contribution >= 0.6 is 0 Å². The highest BCUT2D eigenvalue weighted by atomic mass is 16.5. The molecule has 0 bridgehead atoms. The van der Waals surface area contributed by atoms with Gasteiger partial charge < -0.3 is 19.9 Å². The molecule has 1 amide bonds. The third-order valence-corrected chi connectivity index (χ3v) is 3.60. The second-order valence-electron chi connectivity index (χ2n) is 4.95. The molecule has 0 aliphatic carbocycles. The standard InChI is InChI=1S/C14H23N5O2/c1-3-18-7-9-19(10-8-18)14(20)12-4-5-13(17-16-12)15-6-11-21-2/h4-5H,3,6-11H2,1-2H3,(H,15,17). The number of ether oxygens (including phenoxy) is 1. The maximum absolute atomic E-state index is 12.3. The van der Waals surface area contributed by atoms with Gasteiger partial charge in [-0.15, -0.1) is 10.2 Å². The van der Waals surface area contributed by atoms with Crippen LogP contribution in [0.5, 0.6) is 0 Å². The van der Waals surface area contributed by atoms with Crippen LogP contribution in [0.2, 0.25) is 0 Å². The molecule has 7 heteroatoms. The van der Waals surface area contributed by atoms with Gasteiger partial charge in [0.05, 0.1) is 6.61 Å². The molecule has 1 saturated heterocycles. The Balaban J connectivity index is 1.88. The molecular weight excluding hydrogens is 270 g/mol. The number of nitrogens with zero attached hydrogens (tertiary/aromatic N) is 4. The van der Waals surface area contributed by atoms with Gasteiger partial charge in [-0.3, -0.25) is 4.79 Å². The summed E-state index contributed by atoms with van der Waals surface area (Å²) in [5, 5.41) is 11.1. The maximum atomic E-state index is 12.3. The Kier molecular flexibility index (Phi) is 5.89. The molecule has 1 aliphatic heterocycles. The van der Waals surface area contributed by atoms with E-state index in [1.165, 1.54) is 0 Å². The summed E-state index contributed by atoms with van der Waals surface area (Å²) < 4.78 is 4.95. The quantitative estimate of drug-likeness (QED) is 0.761. The van der Waals surface area contributed by atoms with E-state index < -0.39 is 0 Å². The van der Waals surface area contributed by atoms with Crippen LogP contribution in [0.25, 0.3) is 0 Å². The predicted molar refractivity (Wildman–Crippen MR) is 80.4 cm³/mol. The van der Waals surface area contributed by atoms with Crippen LogP contribution in [0, 0.1) is 0 Å². The lowest BCUT2D eigenvalue weighted by Crippen LogP contribution is -2.48. The first-order valence-electron chi connectivity index (χ1n) is 7.32. The first-order chi connectivity index (χ1) is 10.2. The topological polar surface area (TPSA) is 70.6 Å². The van der Waals surface area contributed by atoms with Crippen LogP contribution in [0.15, 0.2) is 12.1 Å². The summed E-state index contributed by atoms with van der Waals surface area (Å²) in [5.74, 6) is 0.612. The molecule has 0 saturated carbocycles. The lowest BCUT2D eigenvalue weighted by Gasteiger charge is -2.33. The van der Waals surface area contributed by atoms with E-state index in [9.17, 15) is 4.79 Å². The van der Waals surface area contributed by atoms with Gasteiger partial charge in [-0.1, -0.05) is 6.92 Å². The third-order valence-electron chi connectivity index (χ3n) is 3.60. The second-order valence-corrected chi connectivity index (χ2v) is 4.95. The van der Waals surface area contributed by atoms with Gasteiger partial charge in [0, 0.05) is 39.8 Å². The van der Waals surface area contributed by atoms with Gasteiger partial charge in [-0.2, -0.15) is 0 Å². The number of nitrogens with one attached hydrogen (secondary N) is 1. The highest BCUT2D eigenvalue weighted by molar-refractivity contribution is 5.92. The summed E-state index contributed by atoms with van der Waals surface area (Å²) in [6, 6.07) is 3.49. The molecule has 1 aromatic heterocycles. The van der Waals surface area contributed by atoms with Crippen LogP contribution in [-0.4, -0.2) is 78.9 Å². The monoisotopic (exact) mass is 293 g/mol. The van der Waals surface area contributed by atoms with E-state index in [4.69, 9.17) is 4.74 Å². The molecule has 0 unspecified atom stereocenters. The zero-order valence-electron chi connectivity index (χ0n) is 12.7. The zero-order valence-corrected chi connectivity index (χ0v) is 12.7. The molecule has 7 nitrogen and oxygen atoms in total. The summed E-state index contributed by atoms with van der Waals surface area (Å²) in [7, 11) is 1.65. The van der Waals surface area contributed by atoms with E-state index in [1.54, 1.807) is 19.2 Å². The number of likely N-dealkylation sites (N-methyl/N-ethyl adjacent to an activating group) is 1. The molecular formula is C14H23N5O2. The third kappa shape index (κ3) is 4.37. The number of anilines is 1. The lowest BCUT2D eigenvalue weighted by atomic mass is 10.2. The molecule has 0 atom stereocenters. The number of aromatic nitrogens is 2. The molecule has 2 heterocycles. The van der Waals surface area contributed by atoms with Crippen molar-refractivity contribution in [2.24, 2.45) is 0 Å². The molecule has 0 aromatic carbocycles. The highest BCUT2D eigenvalue weighted by Crippen LogP contribution is 2.08. The lowest BCUT2D eigenvalue weighted by molar-refractivity contribution is 0.0636. The molecule has 1 aliphatic rings. The minimum atomic E-state index is -0.0401. The predicted octanol–water partition coefficient (Wildman–Crippen LogP) is 0.313. The fourth-order valence-corrected chi connectivity index (χ4v) is 2.25. The number of amides is 1. The molecule has 1 fully saturated rings. The Morgan fingerprint density at radius 3 is 2.62 bits per heavy atom. The van der Waals surface area contributed by atoms with Crippen LogP contribution in [-0.2, 0) is 4.74 Å². The zero-order chi connectivity index (χ0) is 15.1. The highest BCUT2D eigenvalue weighted by Gasteiger charge is 2.22. The number of hydrogen-bond donors (Lipinski definition) is 1. The van der Waals surface area contributed by atoms with Gasteiger partial charge >= 0.3 is 0 Å². The van der Waals surface area contributed by atoms with E-state index in [1.807, 2.05) is 4.90 Å². The summed E-state index contributed by atoms with van der Waals surface area (Å²) in [6.45, 7) is 7.78. The Labute approximate surface area is 125 Å². The van der Waals surface area contributed by atoms with Crippen LogP contribution in [0.1, 0.15) is 17.4 Å². The van der Waals surface area contributed by atoms with Crippen molar-refractivity contribution in [1.29, 1.82) is 0 Å². The van der Waals surface area contributed by atoms with E-state index in [-0.39, 0.29) is 5.91 Å². The van der Waals surface area contributed by atoms with Crippen molar-refractivity contribution < 1.29 is 9.53 Å². The molecule has 0 radical (unpaired) electrons. The van der Waals surface area contributed by atoms with Crippen molar-refractivity contribution in [3.63, 3.8) is 0 Å². The summed E-state index contributed by atoms with van der Waals surface area (Å²) in [4.78, 5) is 16.5. The van der Waals surface area contributed by atoms with E-state index in [0.717, 1.165) is 32.7 Å². The average molecular weight is 293 g/mol. The summed E-state index contributed by atoms with van der Waals surface area (Å²) >= 11 is 0. The first kappa shape index (κ1) is 15.7. The number of piperazine rings is 1. The van der Waals surface area contributed by atoms with Gasteiger partial charge in [-0.05, 0) is 18.7 Å². The Morgan fingerprint density at radius 1 is 1.29 bits per heavy atom. The van der Waals surface area contributed by atoms with Crippen LogP contribution in [0.3, 0.4) is 0 Å². The van der Waals surface area contributed by atoms with Gasteiger partial charge in [0.1, 0.15) is 5.82 Å². The van der Waals surface area contributed by atoms with Gasteiger partial charge in [0.25, 0.3) is 5.91 Å². The van der Waals surface area contributed by atoms with Crippen molar-refractivity contribution in [2.45, 2.75) is 6.92 Å². The number of carbonyl (C=O) groups excluding carboxylic acids is 1. The van der Waals surface area contributed by atoms with Gasteiger partial charge in [0.15, 0.2) is 5.69 Å². The van der Waals surface area contributed by atoms with Crippen molar-refractivity contribution in [1.82, 2.24) is 20.0 Å². The van der Waals surface area contributed by atoms with Gasteiger partial charge in [-0.25, -0.2) is 0 Å². The fourth-order valence-electron chi connectivity index (χ4n) is 2.25. The first-order valence-corrected chi connectivity index (χ1v) is 7.32. The number of carbonyl (C=O) groups is 1. The molecule has 2 rings (SSSR count). The van der Waals surface area contributed by atoms with Crippen molar-refractivity contribution in [2.75, 3.05) is 58.3 Å². The summed E-state index contributed by atoms with van der Waals surface area (Å²) in [5.41, 5.74) is 0.400. The van der Waals surface area contributed by atoms with Crippen molar-refractivity contribution in [3.05, 3.63) is 17.8 Å². The van der Waals surface area contributed by atoms with Crippen molar-refractivity contribution >= 4 is 11.7 Å². The largest absolute Gasteiger partial charge is 0.383 e. The molecule has 1 N–H and O–H groups in total. The maximum Gasteiger partial charge on any atom is 0.274 e. The molecule has 0 spiro atoms. The Bertz CT molecular complexity index is 443. The normalized spacial score (nSPS) is 16.0. The minimum Gasteiger partial charge on any atom is -0.383 e. The summed E-state index contributed by atoms with van der Waals surface area (Å²) in [6.07, 6.45) is 0. The Morgan fingerprint density at radius 2 is 2.05 bits per heavy atom. The van der Waals surface area contributed by atoms with E-state index in [0.29, 0.717) is 24.7 Å². The Hall–Kier alpha value is -1.73. The number of hydrogen-bond acceptors (Lipinski definition) is 6. The van der Waals surface area contributed by atoms with Crippen LogP contribution < -0.4 is 5.32 Å². The number of rotatable bonds is 6. The smallest absolute Gasteiger partial charge is 0.274 e.